The standard InChI is InChI=1S/C21H18BrF3N4O2S/c1-2-10-29-18(12-31-17-5-3-4-14(11-17)21(23,24)25)27-28-20(29)32-13-19(30)26-16-8-6-15(22)7-9-16/h2-9,11H,1,10,12-13H2,(H,26,30). The van der Waals surface area contributed by atoms with Crippen molar-refractivity contribution in [1.29, 1.82) is 0 Å². The van der Waals surface area contributed by atoms with Gasteiger partial charge in [0.2, 0.25) is 5.91 Å². The average Bonchev–Trinajstić information content (AvgIpc) is 3.14. The van der Waals surface area contributed by atoms with E-state index in [0.29, 0.717) is 23.2 Å². The van der Waals surface area contributed by atoms with Crippen LogP contribution in [0.25, 0.3) is 0 Å². The van der Waals surface area contributed by atoms with Crippen molar-refractivity contribution >= 4 is 39.3 Å². The summed E-state index contributed by atoms with van der Waals surface area (Å²) in [6, 6.07) is 11.8. The van der Waals surface area contributed by atoms with Crippen molar-refractivity contribution in [2.24, 2.45) is 0 Å². The van der Waals surface area contributed by atoms with Crippen molar-refractivity contribution in [3.63, 3.8) is 0 Å². The lowest BCUT2D eigenvalue weighted by molar-refractivity contribution is -0.137. The molecule has 32 heavy (non-hydrogen) atoms. The number of allylic oxidation sites excluding steroid dienone is 1. The predicted molar refractivity (Wildman–Crippen MR) is 119 cm³/mol. The lowest BCUT2D eigenvalue weighted by atomic mass is 10.2. The Hall–Kier alpha value is -2.79. The summed E-state index contributed by atoms with van der Waals surface area (Å²) in [5.74, 6) is 0.348. The van der Waals surface area contributed by atoms with Crippen molar-refractivity contribution in [3.05, 3.63) is 77.0 Å². The fraction of sp³-hybridized carbons (Fsp3) is 0.190. The van der Waals surface area contributed by atoms with Gasteiger partial charge in [-0.15, -0.1) is 16.8 Å². The van der Waals surface area contributed by atoms with E-state index in [1.54, 1.807) is 22.8 Å². The summed E-state index contributed by atoms with van der Waals surface area (Å²) < 4.78 is 46.7. The third-order valence-electron chi connectivity index (χ3n) is 4.09. The van der Waals surface area contributed by atoms with E-state index in [4.69, 9.17) is 4.74 Å². The molecule has 0 unspecified atom stereocenters. The maximum Gasteiger partial charge on any atom is 0.416 e. The minimum absolute atomic E-state index is 0.0658. The molecule has 6 nitrogen and oxygen atoms in total. The van der Waals surface area contributed by atoms with Gasteiger partial charge in [-0.1, -0.05) is 39.8 Å². The van der Waals surface area contributed by atoms with Crippen molar-refractivity contribution < 1.29 is 22.7 Å². The third kappa shape index (κ3) is 6.60. The van der Waals surface area contributed by atoms with Crippen LogP contribution in [0.1, 0.15) is 11.4 Å². The van der Waals surface area contributed by atoms with Crippen molar-refractivity contribution in [2.75, 3.05) is 11.1 Å². The summed E-state index contributed by atoms with van der Waals surface area (Å²) in [7, 11) is 0. The number of ether oxygens (including phenoxy) is 1. The highest BCUT2D eigenvalue weighted by Crippen LogP contribution is 2.31. The number of carbonyl (C=O) groups is 1. The minimum Gasteiger partial charge on any atom is -0.486 e. The van der Waals surface area contributed by atoms with E-state index in [9.17, 15) is 18.0 Å². The van der Waals surface area contributed by atoms with E-state index in [-0.39, 0.29) is 24.0 Å². The van der Waals surface area contributed by atoms with Gasteiger partial charge < -0.3 is 10.1 Å². The summed E-state index contributed by atoms with van der Waals surface area (Å²) in [4.78, 5) is 12.2. The Morgan fingerprint density at radius 3 is 2.66 bits per heavy atom. The molecule has 0 bridgehead atoms. The molecule has 1 N–H and O–H groups in total. The number of benzene rings is 2. The molecule has 168 valence electrons. The normalized spacial score (nSPS) is 11.2. The van der Waals surface area contributed by atoms with Crippen molar-refractivity contribution in [1.82, 2.24) is 14.8 Å². The highest BCUT2D eigenvalue weighted by Gasteiger charge is 2.30. The molecule has 0 aliphatic carbocycles. The summed E-state index contributed by atoms with van der Waals surface area (Å²) in [6.45, 7) is 3.96. The van der Waals surface area contributed by atoms with Crippen LogP contribution in [0.4, 0.5) is 18.9 Å². The second-order valence-electron chi connectivity index (χ2n) is 6.46. The molecule has 0 atom stereocenters. The number of alkyl halides is 3. The zero-order valence-electron chi connectivity index (χ0n) is 16.6. The van der Waals surface area contributed by atoms with E-state index >= 15 is 0 Å². The maximum absolute atomic E-state index is 12.9. The second kappa shape index (κ2) is 10.7. The predicted octanol–water partition coefficient (Wildman–Crippen LogP) is 5.56. The first-order chi connectivity index (χ1) is 15.3. The molecule has 0 aliphatic rings. The molecule has 1 amide bonds. The van der Waals surface area contributed by atoms with Crippen LogP contribution >= 0.6 is 27.7 Å². The highest BCUT2D eigenvalue weighted by atomic mass is 79.9. The Kier molecular flexibility index (Phi) is 7.97. The number of anilines is 1. The van der Waals surface area contributed by atoms with Crippen LogP contribution in [0.2, 0.25) is 0 Å². The van der Waals surface area contributed by atoms with Crippen LogP contribution in [0.5, 0.6) is 5.75 Å². The van der Waals surface area contributed by atoms with Gasteiger partial charge in [0.25, 0.3) is 0 Å². The average molecular weight is 527 g/mol. The van der Waals surface area contributed by atoms with E-state index in [1.165, 1.54) is 23.9 Å². The van der Waals surface area contributed by atoms with Gasteiger partial charge in [0.05, 0.1) is 11.3 Å². The van der Waals surface area contributed by atoms with Gasteiger partial charge in [0, 0.05) is 16.7 Å². The fourth-order valence-electron chi connectivity index (χ4n) is 2.62. The number of amides is 1. The number of aromatic nitrogens is 3. The van der Waals surface area contributed by atoms with E-state index in [1.807, 2.05) is 12.1 Å². The number of hydrogen-bond donors (Lipinski definition) is 1. The number of thioether (sulfide) groups is 1. The molecule has 3 rings (SSSR count). The first-order valence-electron chi connectivity index (χ1n) is 9.27. The van der Waals surface area contributed by atoms with Crippen LogP contribution in [-0.2, 0) is 24.1 Å². The van der Waals surface area contributed by atoms with E-state index in [2.05, 4.69) is 38.0 Å². The molecular formula is C21H18BrF3N4O2S. The van der Waals surface area contributed by atoms with Crippen LogP contribution in [-0.4, -0.2) is 26.4 Å². The topological polar surface area (TPSA) is 69.0 Å². The Balaban J connectivity index is 1.63. The second-order valence-corrected chi connectivity index (χ2v) is 8.31. The van der Waals surface area contributed by atoms with Gasteiger partial charge in [-0.25, -0.2) is 0 Å². The van der Waals surface area contributed by atoms with Crippen molar-refractivity contribution in [3.8, 4) is 5.75 Å². The Morgan fingerprint density at radius 1 is 1.22 bits per heavy atom. The molecule has 0 saturated carbocycles. The Labute approximate surface area is 195 Å². The largest absolute Gasteiger partial charge is 0.486 e. The summed E-state index contributed by atoms with van der Waals surface area (Å²) in [6.07, 6.45) is -2.83. The number of halogens is 4. The number of nitrogens with zero attached hydrogens (tertiary/aromatic N) is 3. The van der Waals surface area contributed by atoms with E-state index in [0.717, 1.165) is 16.6 Å². The third-order valence-corrected chi connectivity index (χ3v) is 5.59. The molecule has 0 saturated heterocycles. The van der Waals surface area contributed by atoms with Crippen LogP contribution < -0.4 is 10.1 Å². The summed E-state index contributed by atoms with van der Waals surface area (Å²) in [5, 5.41) is 11.4. The van der Waals surface area contributed by atoms with Crippen LogP contribution in [0.3, 0.4) is 0 Å². The highest BCUT2D eigenvalue weighted by molar-refractivity contribution is 9.10. The van der Waals surface area contributed by atoms with Gasteiger partial charge in [-0.05, 0) is 42.5 Å². The number of rotatable bonds is 9. The lowest BCUT2D eigenvalue weighted by Gasteiger charge is -2.11. The molecule has 1 heterocycles. The van der Waals surface area contributed by atoms with Gasteiger partial charge in [0.15, 0.2) is 11.0 Å². The molecule has 3 aromatic rings. The lowest BCUT2D eigenvalue weighted by Crippen LogP contribution is -2.15. The zero-order chi connectivity index (χ0) is 23.1. The molecule has 0 spiro atoms. The van der Waals surface area contributed by atoms with Gasteiger partial charge in [-0.2, -0.15) is 13.2 Å². The molecule has 0 aliphatic heterocycles. The first-order valence-corrected chi connectivity index (χ1v) is 11.1. The number of carbonyl (C=O) groups excluding carboxylic acids is 1. The SMILES string of the molecule is C=CCn1c(COc2cccc(C(F)(F)F)c2)nnc1SCC(=O)Nc1ccc(Br)cc1. The quantitative estimate of drug-likeness (QED) is 0.292. The van der Waals surface area contributed by atoms with Gasteiger partial charge in [-0.3, -0.25) is 9.36 Å². The van der Waals surface area contributed by atoms with Crippen molar-refractivity contribution in [2.45, 2.75) is 24.5 Å². The molecule has 0 radical (unpaired) electrons. The Morgan fingerprint density at radius 2 is 1.97 bits per heavy atom. The van der Waals surface area contributed by atoms with Gasteiger partial charge >= 0.3 is 6.18 Å². The zero-order valence-corrected chi connectivity index (χ0v) is 19.0. The molecular weight excluding hydrogens is 509 g/mol. The summed E-state index contributed by atoms with van der Waals surface area (Å²) in [5.41, 5.74) is -0.128. The van der Waals surface area contributed by atoms with E-state index < -0.39 is 11.7 Å². The first kappa shape index (κ1) is 23.9. The number of hydrogen-bond acceptors (Lipinski definition) is 5. The fourth-order valence-corrected chi connectivity index (χ4v) is 3.65. The molecule has 11 heteroatoms. The van der Waals surface area contributed by atoms with Crippen LogP contribution in [0, 0.1) is 0 Å². The van der Waals surface area contributed by atoms with Crippen LogP contribution in [0.15, 0.2) is 70.8 Å². The summed E-state index contributed by atoms with van der Waals surface area (Å²) >= 11 is 4.52. The molecule has 2 aromatic carbocycles. The Bertz CT molecular complexity index is 1090. The number of nitrogens with one attached hydrogen (secondary N) is 1. The maximum atomic E-state index is 12.9. The minimum atomic E-state index is -4.46. The monoisotopic (exact) mass is 526 g/mol. The smallest absolute Gasteiger partial charge is 0.416 e. The van der Waals surface area contributed by atoms with Gasteiger partial charge in [0.1, 0.15) is 12.4 Å². The molecule has 1 aromatic heterocycles. The molecule has 0 fully saturated rings.